The monoisotopic (exact) mass is 512 g/mol. The van der Waals surface area contributed by atoms with Crippen LogP contribution in [-0.2, 0) is 20.6 Å². The van der Waals surface area contributed by atoms with E-state index in [0.29, 0.717) is 33.8 Å². The zero-order chi connectivity index (χ0) is 27.7. The summed E-state index contributed by atoms with van der Waals surface area (Å²) in [5, 5.41) is 13.8. The number of nitrogens with zero attached hydrogens (tertiary/aromatic N) is 6. The molecule has 0 aromatic carbocycles. The minimum Gasteiger partial charge on any atom is -0.482 e. The molecule has 0 atom stereocenters. The number of nitriles is 1. The van der Waals surface area contributed by atoms with Gasteiger partial charge in [0.2, 0.25) is 0 Å². The van der Waals surface area contributed by atoms with Crippen molar-refractivity contribution in [2.45, 2.75) is 59.0 Å². The topological polar surface area (TPSA) is 106 Å². The molecule has 0 spiro atoms. The quantitative estimate of drug-likeness (QED) is 0.268. The van der Waals surface area contributed by atoms with E-state index >= 15 is 0 Å². The minimum absolute atomic E-state index is 0.0141. The lowest BCUT2D eigenvalue weighted by atomic mass is 9.96. The number of pyridine rings is 1. The fourth-order valence-corrected chi connectivity index (χ4v) is 4.12. The largest absolute Gasteiger partial charge is 0.482 e. The Balaban J connectivity index is 2.08. The van der Waals surface area contributed by atoms with Gasteiger partial charge in [-0.2, -0.15) is 10.4 Å². The van der Waals surface area contributed by atoms with Crippen LogP contribution in [0, 0.1) is 18.3 Å². The molecule has 0 bridgehead atoms. The number of aryl methyl sites for hydroxylation is 1. The summed E-state index contributed by atoms with van der Waals surface area (Å²) >= 11 is 0. The number of hydrogen-bond donors (Lipinski definition) is 0. The minimum atomic E-state index is -2.69. The third kappa shape index (κ3) is 5.09. The van der Waals surface area contributed by atoms with Gasteiger partial charge in [-0.3, -0.25) is 14.4 Å². The normalized spacial score (nSPS) is 15.9. The van der Waals surface area contributed by atoms with Crippen LogP contribution in [0.5, 0.6) is 0 Å². The van der Waals surface area contributed by atoms with Crippen molar-refractivity contribution in [2.75, 3.05) is 18.6 Å². The summed E-state index contributed by atoms with van der Waals surface area (Å²) < 4.78 is 37.4. The van der Waals surface area contributed by atoms with Crippen molar-refractivity contribution in [3.63, 3.8) is 0 Å². The Morgan fingerprint density at radius 1 is 1.41 bits per heavy atom. The van der Waals surface area contributed by atoms with Crippen molar-refractivity contribution < 1.29 is 23.0 Å². The summed E-state index contributed by atoms with van der Waals surface area (Å²) in [6.07, 6.45) is 2.03. The molecule has 0 N–H and O–H groups in total. The van der Waals surface area contributed by atoms with Crippen LogP contribution in [0.2, 0.25) is 0 Å². The number of anilines is 1. The summed E-state index contributed by atoms with van der Waals surface area (Å²) in [6.45, 7) is 13.3. The Morgan fingerprint density at radius 3 is 2.65 bits per heavy atom. The molecule has 1 aliphatic heterocycles. The molecule has 11 heteroatoms. The number of fused-ring (bicyclic) bond motifs is 1. The summed E-state index contributed by atoms with van der Waals surface area (Å²) in [7, 11) is 1.33. The molecule has 0 saturated heterocycles. The lowest BCUT2D eigenvalue weighted by Gasteiger charge is -2.30. The van der Waals surface area contributed by atoms with Gasteiger partial charge < -0.3 is 9.47 Å². The van der Waals surface area contributed by atoms with Gasteiger partial charge in [-0.25, -0.2) is 18.8 Å². The van der Waals surface area contributed by atoms with Crippen molar-refractivity contribution in [3.05, 3.63) is 58.7 Å². The first-order valence-electron chi connectivity index (χ1n) is 11.5. The molecule has 9 nitrogen and oxygen atoms in total. The van der Waals surface area contributed by atoms with Crippen molar-refractivity contribution in [1.29, 1.82) is 5.26 Å². The molecule has 0 saturated carbocycles. The number of carbonyl (C=O) groups excluding carboxylic acids is 1. The number of aromatic nitrogens is 3. The van der Waals surface area contributed by atoms with Crippen molar-refractivity contribution in [3.8, 4) is 6.07 Å². The van der Waals surface area contributed by atoms with Crippen molar-refractivity contribution in [2.24, 2.45) is 4.99 Å². The Labute approximate surface area is 214 Å². The molecule has 37 heavy (non-hydrogen) atoms. The maximum atomic E-state index is 13.6. The molecule has 0 fully saturated rings. The smallest absolute Gasteiger partial charge is 0.272 e. The number of halogens is 2. The number of amides is 1. The second kappa shape index (κ2) is 10.1. The molecule has 1 amide bonds. The van der Waals surface area contributed by atoms with Crippen LogP contribution in [-0.4, -0.2) is 47.5 Å². The van der Waals surface area contributed by atoms with Crippen LogP contribution in [0.4, 0.5) is 14.5 Å². The number of carbonyl (C=O) groups is 1. The first-order chi connectivity index (χ1) is 17.3. The maximum absolute atomic E-state index is 13.6. The van der Waals surface area contributed by atoms with Crippen LogP contribution in [0.15, 0.2) is 41.2 Å². The Bertz CT molecular complexity index is 1330. The standard InChI is InChI=1S/C26H30F2N6O3/c1-15(10-19(23(30-7)36-8)37-13-20(27)28)18-9-16(2)21-22(32-18)26(5,6)34(24(21)35)17-11-31-33(12-17)25(3,4)14-29/h9-12,20H,7,13H2,1-6,8H3/b15-10+,23-19-. The number of aliphatic imine (C=N–C) groups is 1. The molecule has 0 aliphatic carbocycles. The van der Waals surface area contributed by atoms with Gasteiger partial charge >= 0.3 is 0 Å². The molecule has 2 aromatic rings. The summed E-state index contributed by atoms with van der Waals surface area (Å²) in [5.41, 5.74) is 1.65. The van der Waals surface area contributed by atoms with Crippen LogP contribution in [0.1, 0.15) is 61.9 Å². The first-order valence-corrected chi connectivity index (χ1v) is 11.5. The van der Waals surface area contributed by atoms with Crippen LogP contribution < -0.4 is 4.90 Å². The summed E-state index contributed by atoms with van der Waals surface area (Å²) in [5.74, 6) is -0.289. The maximum Gasteiger partial charge on any atom is 0.272 e. The molecule has 3 heterocycles. The van der Waals surface area contributed by atoms with Gasteiger partial charge in [0.25, 0.3) is 18.2 Å². The van der Waals surface area contributed by atoms with E-state index < -0.39 is 24.1 Å². The highest BCUT2D eigenvalue weighted by molar-refractivity contribution is 6.12. The Kier molecular flexibility index (Phi) is 7.53. The van der Waals surface area contributed by atoms with Gasteiger partial charge in [-0.1, -0.05) is 0 Å². The first kappa shape index (κ1) is 27.5. The van der Waals surface area contributed by atoms with E-state index in [4.69, 9.17) is 14.5 Å². The predicted octanol–water partition coefficient (Wildman–Crippen LogP) is 4.94. The number of alkyl halides is 2. The average molecular weight is 513 g/mol. The van der Waals surface area contributed by atoms with Gasteiger partial charge in [-0.15, -0.1) is 0 Å². The number of rotatable bonds is 9. The van der Waals surface area contributed by atoms with Crippen LogP contribution in [0.25, 0.3) is 5.57 Å². The van der Waals surface area contributed by atoms with E-state index in [-0.39, 0.29) is 17.5 Å². The van der Waals surface area contributed by atoms with E-state index in [1.54, 1.807) is 44.1 Å². The van der Waals surface area contributed by atoms with Gasteiger partial charge in [0.05, 0.1) is 53.8 Å². The highest BCUT2D eigenvalue weighted by Gasteiger charge is 2.47. The van der Waals surface area contributed by atoms with E-state index in [1.807, 2.05) is 20.8 Å². The molecular formula is C26H30F2N6O3. The fourth-order valence-electron chi connectivity index (χ4n) is 4.12. The van der Waals surface area contributed by atoms with Gasteiger partial charge in [0, 0.05) is 0 Å². The lowest BCUT2D eigenvalue weighted by molar-refractivity contribution is 0.0474. The van der Waals surface area contributed by atoms with Crippen molar-refractivity contribution in [1.82, 2.24) is 14.8 Å². The number of methoxy groups -OCH3 is 1. The second-order valence-electron chi connectivity index (χ2n) is 9.62. The van der Waals surface area contributed by atoms with Crippen LogP contribution in [0.3, 0.4) is 0 Å². The Morgan fingerprint density at radius 2 is 2.08 bits per heavy atom. The number of ether oxygens (including phenoxy) is 2. The highest BCUT2D eigenvalue weighted by Crippen LogP contribution is 2.43. The van der Waals surface area contributed by atoms with E-state index in [9.17, 15) is 18.8 Å². The summed E-state index contributed by atoms with van der Waals surface area (Å²) in [4.78, 5) is 23.7. The molecular weight excluding hydrogens is 482 g/mol. The third-order valence-electron chi connectivity index (χ3n) is 6.11. The van der Waals surface area contributed by atoms with Gasteiger partial charge in [0.1, 0.15) is 12.1 Å². The molecule has 2 aromatic heterocycles. The number of allylic oxidation sites excluding steroid dienone is 2. The zero-order valence-electron chi connectivity index (χ0n) is 22.0. The Hall–Kier alpha value is -4.07. The number of hydrogen-bond acceptors (Lipinski definition) is 7. The van der Waals surface area contributed by atoms with Crippen molar-refractivity contribution >= 4 is 23.9 Å². The average Bonchev–Trinajstić information content (AvgIpc) is 3.39. The molecule has 3 rings (SSSR count). The van der Waals surface area contributed by atoms with E-state index in [1.165, 1.54) is 17.9 Å². The van der Waals surface area contributed by atoms with E-state index in [2.05, 4.69) is 22.9 Å². The zero-order valence-corrected chi connectivity index (χ0v) is 22.0. The van der Waals surface area contributed by atoms with Crippen LogP contribution >= 0.6 is 0 Å². The van der Waals surface area contributed by atoms with Gasteiger partial charge in [-0.05, 0) is 71.5 Å². The highest BCUT2D eigenvalue weighted by atomic mass is 19.3. The van der Waals surface area contributed by atoms with E-state index in [0.717, 1.165) is 0 Å². The second-order valence-corrected chi connectivity index (χ2v) is 9.62. The van der Waals surface area contributed by atoms with Gasteiger partial charge in [0.15, 0.2) is 5.76 Å². The lowest BCUT2D eigenvalue weighted by Crippen LogP contribution is -2.39. The molecule has 0 unspecified atom stereocenters. The summed E-state index contributed by atoms with van der Waals surface area (Å²) in [6, 6.07) is 3.94. The molecule has 196 valence electrons. The third-order valence-corrected chi connectivity index (χ3v) is 6.11. The molecule has 0 radical (unpaired) electrons. The fraction of sp³-hybridized carbons (Fsp3) is 0.423. The SMILES string of the molecule is C=N/C(OC)=C(\C=C(/C)c1cc(C)c2c(n1)C(C)(C)N(c1cnn(C(C)(C)C#N)c1)C2=O)OCC(F)F. The predicted molar refractivity (Wildman–Crippen MR) is 135 cm³/mol. The molecule has 1 aliphatic rings.